The first kappa shape index (κ1) is 19.8. The second-order valence-corrected chi connectivity index (χ2v) is 2.85. The Labute approximate surface area is 109 Å². The maximum Gasteiger partial charge on any atom is 0.176 e. The van der Waals surface area contributed by atoms with Gasteiger partial charge in [-0.1, -0.05) is 0 Å². The zero-order valence-corrected chi connectivity index (χ0v) is 11.9. The third-order valence-corrected chi connectivity index (χ3v) is 0.836. The van der Waals surface area contributed by atoms with Crippen molar-refractivity contribution in [2.45, 2.75) is 27.7 Å². The molecule has 5 heteroatoms. The summed E-state index contributed by atoms with van der Waals surface area (Å²) < 4.78 is 0. The topological polar surface area (TPSA) is 85.6 Å². The molecular formula is C10H18O4Zr+2. The third kappa shape index (κ3) is 31.9. The van der Waals surface area contributed by atoms with E-state index in [1.807, 2.05) is 0 Å². The smallest absolute Gasteiger partial charge is 0.176 e. The summed E-state index contributed by atoms with van der Waals surface area (Å²) in [5.74, 6) is 0.500. The molecular weight excluding hydrogens is 275 g/mol. The van der Waals surface area contributed by atoms with Gasteiger partial charge in [0.15, 0.2) is 23.1 Å². The van der Waals surface area contributed by atoms with Crippen LogP contribution < -0.4 is 0 Å². The Bertz CT molecular complexity index is 196. The van der Waals surface area contributed by atoms with Gasteiger partial charge >= 0.3 is 0 Å². The summed E-state index contributed by atoms with van der Waals surface area (Å²) in [5.41, 5.74) is 0. The van der Waals surface area contributed by atoms with E-state index in [1.165, 1.54) is 40.5 Å². The average Bonchev–Trinajstić information content (AvgIpc) is 1.79. The summed E-state index contributed by atoms with van der Waals surface area (Å²) >= 11 is 0. The zero-order chi connectivity index (χ0) is 11.7. The van der Waals surface area contributed by atoms with Gasteiger partial charge in [-0.2, -0.15) is 12.8 Å². The first-order chi connectivity index (χ1) is 6.25. The molecule has 0 saturated carbocycles. The van der Waals surface area contributed by atoms with Crippen LogP contribution in [0.1, 0.15) is 27.7 Å². The van der Waals surface area contributed by atoms with Gasteiger partial charge in [0, 0.05) is 53.9 Å². The monoisotopic (exact) mass is 292 g/mol. The largest absolute Gasteiger partial charge is 0.316 e. The molecule has 0 fully saturated rings. The van der Waals surface area contributed by atoms with Crippen molar-refractivity contribution in [3.63, 3.8) is 0 Å². The summed E-state index contributed by atoms with van der Waals surface area (Å²) in [5, 5.41) is 0. The van der Waals surface area contributed by atoms with E-state index in [0.717, 1.165) is 0 Å². The summed E-state index contributed by atoms with van der Waals surface area (Å²) in [6.45, 7) is 6.00. The van der Waals surface area contributed by atoms with Crippen molar-refractivity contribution in [2.75, 3.05) is 0 Å². The molecule has 0 aliphatic carbocycles. The van der Waals surface area contributed by atoms with Crippen LogP contribution in [0.2, 0.25) is 0 Å². The number of rotatable bonds is 4. The van der Waals surface area contributed by atoms with Gasteiger partial charge in [0.1, 0.15) is 0 Å². The molecule has 0 aromatic carbocycles. The third-order valence-electron chi connectivity index (χ3n) is 0.836. The summed E-state index contributed by atoms with van der Waals surface area (Å²) in [6.07, 6.45) is 2.56. The van der Waals surface area contributed by atoms with Gasteiger partial charge in [-0.05, 0) is 0 Å². The Morgan fingerprint density at radius 3 is 0.733 bits per heavy atom. The molecule has 15 heavy (non-hydrogen) atoms. The van der Waals surface area contributed by atoms with E-state index in [0.29, 0.717) is 0 Å². The van der Waals surface area contributed by atoms with Crippen LogP contribution in [0.5, 0.6) is 0 Å². The fourth-order valence-electron chi connectivity index (χ4n) is 0.605. The first-order valence-corrected chi connectivity index (χ1v) is 4.05. The second-order valence-electron chi connectivity index (χ2n) is 2.85. The van der Waals surface area contributed by atoms with Crippen molar-refractivity contribution in [3.8, 4) is 0 Å². The second kappa shape index (κ2) is 11.4. The zero-order valence-electron chi connectivity index (χ0n) is 9.44. The molecule has 0 amide bonds. The molecule has 4 nitrogen and oxygen atoms in total. The molecule has 0 bridgehead atoms. The average molecular weight is 293 g/mol. The fraction of sp³-hybridized carbons (Fsp3) is 0.400. The Hall–Kier alpha value is -0.697. The predicted molar refractivity (Wildman–Crippen MR) is 59.1 cm³/mol. The van der Waals surface area contributed by atoms with Crippen molar-refractivity contribution >= 4 is 23.1 Å². The Morgan fingerprint density at radius 2 is 0.733 bits per heavy atom. The maximum atomic E-state index is 8.40. The van der Waals surface area contributed by atoms with Gasteiger partial charge in [-0.15, -0.1) is 0 Å². The molecule has 0 aliphatic rings. The van der Waals surface area contributed by atoms with Gasteiger partial charge in [0.05, 0.1) is 0 Å². The minimum atomic E-state index is 0. The number of hydrogen-bond acceptors (Lipinski definition) is 0. The minimum absolute atomic E-state index is 0. The fourth-order valence-corrected chi connectivity index (χ4v) is 0.605. The molecule has 0 spiro atoms. The van der Waals surface area contributed by atoms with Crippen LogP contribution in [-0.4, -0.2) is 42.3 Å². The summed E-state index contributed by atoms with van der Waals surface area (Å²) in [4.78, 5) is 33.6. The van der Waals surface area contributed by atoms with Gasteiger partial charge in [-0.3, -0.25) is 0 Å². The van der Waals surface area contributed by atoms with E-state index in [9.17, 15) is 0 Å². The molecule has 0 aromatic heterocycles. The molecule has 0 heterocycles. The summed E-state index contributed by atoms with van der Waals surface area (Å²) in [6, 6.07) is 0. The van der Waals surface area contributed by atoms with Crippen LogP contribution in [0.4, 0.5) is 0 Å². The minimum Gasteiger partial charge on any atom is -0.316 e. The predicted octanol–water partition coefficient (Wildman–Crippen LogP) is 0.638. The van der Waals surface area contributed by atoms with Gasteiger partial charge in [0.25, 0.3) is 0 Å². The van der Waals surface area contributed by atoms with E-state index in [-0.39, 0.29) is 49.3 Å². The quantitative estimate of drug-likeness (QED) is 0.414. The van der Waals surface area contributed by atoms with Gasteiger partial charge in [0.2, 0.25) is 0 Å². The van der Waals surface area contributed by atoms with Crippen molar-refractivity contribution < 1.29 is 45.4 Å². The molecule has 0 rings (SSSR count). The van der Waals surface area contributed by atoms with Gasteiger partial charge < -0.3 is 19.2 Å². The van der Waals surface area contributed by atoms with Crippen LogP contribution in [-0.2, 0) is 26.2 Å². The molecule has 0 saturated heterocycles. The van der Waals surface area contributed by atoms with E-state index < -0.39 is 0 Å². The molecule has 0 unspecified atom stereocenters. The van der Waals surface area contributed by atoms with Crippen molar-refractivity contribution in [3.05, 3.63) is 12.8 Å². The molecule has 0 aromatic rings. The van der Waals surface area contributed by atoms with Crippen LogP contribution in [0, 0.1) is 12.8 Å². The van der Waals surface area contributed by atoms with Crippen LogP contribution >= 0.6 is 0 Å². The molecule has 0 atom stereocenters. The van der Waals surface area contributed by atoms with Crippen LogP contribution in [0.15, 0.2) is 0 Å². The standard InChI is InChI=1S/2C5H7O2.Zr/c2*1-4(6)3-5(2)7;/h2*3H,1-2H3;/q2*-1;/p+4. The van der Waals surface area contributed by atoms with Crippen molar-refractivity contribution in [1.29, 1.82) is 0 Å². The molecule has 84 valence electrons. The number of carbonyl (C=O) groups excluding carboxylic acids is 4. The van der Waals surface area contributed by atoms with E-state index >= 15 is 0 Å². The van der Waals surface area contributed by atoms with Crippen LogP contribution in [0.25, 0.3) is 0 Å². The SMILES string of the molecule is CC(=[OH+])[CH-]C(C)=[OH+].CC(=[OH+])[CH-]C(C)=[OH+].[Zr]. The Balaban J connectivity index is -0.000000180. The van der Waals surface area contributed by atoms with E-state index in [2.05, 4.69) is 0 Å². The van der Waals surface area contributed by atoms with Crippen molar-refractivity contribution in [2.24, 2.45) is 0 Å². The van der Waals surface area contributed by atoms with Gasteiger partial charge in [-0.25, -0.2) is 0 Å². The number of ketones is 4. The maximum absolute atomic E-state index is 8.40. The molecule has 4 N–H and O–H groups in total. The van der Waals surface area contributed by atoms with Crippen molar-refractivity contribution in [1.82, 2.24) is 0 Å². The first-order valence-electron chi connectivity index (χ1n) is 4.05. The summed E-state index contributed by atoms with van der Waals surface area (Å²) in [7, 11) is 0. The van der Waals surface area contributed by atoms with E-state index in [1.54, 1.807) is 0 Å². The molecule has 0 aliphatic heterocycles. The Kier molecular flexibility index (Phi) is 15.0. The van der Waals surface area contributed by atoms with Crippen LogP contribution in [0.3, 0.4) is 0 Å². The number of hydrogen-bond donors (Lipinski definition) is 0. The molecule has 0 radical (unpaired) electrons. The normalized spacial score (nSPS) is 7.20. The van der Waals surface area contributed by atoms with E-state index in [4.69, 9.17) is 19.2 Å². The Morgan fingerprint density at radius 1 is 0.600 bits per heavy atom.